The van der Waals surface area contributed by atoms with Gasteiger partial charge >= 0.3 is 5.97 Å². The molecule has 9 heteroatoms. The Morgan fingerprint density at radius 2 is 1.79 bits per heavy atom. The van der Waals surface area contributed by atoms with Crippen LogP contribution in [0, 0.1) is 12.8 Å². The molecule has 0 saturated heterocycles. The Hall–Kier alpha value is -5.05. The van der Waals surface area contributed by atoms with Crippen molar-refractivity contribution in [2.75, 3.05) is 0 Å². The monoisotopic (exact) mass is 573 g/mol. The van der Waals surface area contributed by atoms with Crippen molar-refractivity contribution in [1.82, 2.24) is 24.7 Å². The van der Waals surface area contributed by atoms with Crippen LogP contribution in [0.1, 0.15) is 54.6 Å². The lowest BCUT2D eigenvalue weighted by atomic mass is 9.78. The van der Waals surface area contributed by atoms with Gasteiger partial charge in [-0.05, 0) is 42.7 Å². The number of imidazole rings is 1. The number of aliphatic carboxylic acids is 1. The van der Waals surface area contributed by atoms with Crippen LogP contribution in [-0.2, 0) is 17.9 Å². The Morgan fingerprint density at radius 1 is 0.953 bits per heavy atom. The van der Waals surface area contributed by atoms with Crippen LogP contribution in [0.15, 0.2) is 83.4 Å². The molecule has 9 nitrogen and oxygen atoms in total. The van der Waals surface area contributed by atoms with Gasteiger partial charge in [-0.3, -0.25) is 4.79 Å². The average molecular weight is 574 g/mol. The van der Waals surface area contributed by atoms with E-state index in [1.165, 1.54) is 0 Å². The van der Waals surface area contributed by atoms with Crippen LogP contribution < -0.4 is 4.74 Å². The van der Waals surface area contributed by atoms with Crippen molar-refractivity contribution < 1.29 is 19.2 Å². The molecule has 1 fully saturated rings. The van der Waals surface area contributed by atoms with Gasteiger partial charge in [0.2, 0.25) is 11.7 Å². The molecule has 0 unspecified atom stereocenters. The Morgan fingerprint density at radius 3 is 2.60 bits per heavy atom. The van der Waals surface area contributed by atoms with Gasteiger partial charge in [-0.2, -0.15) is 4.98 Å². The van der Waals surface area contributed by atoms with Crippen molar-refractivity contribution in [1.29, 1.82) is 0 Å². The molecule has 1 saturated carbocycles. The summed E-state index contributed by atoms with van der Waals surface area (Å²) in [5.41, 5.74) is 5.44. The number of pyridine rings is 1. The fourth-order valence-corrected chi connectivity index (χ4v) is 6.11. The van der Waals surface area contributed by atoms with Crippen LogP contribution in [0.4, 0.5) is 0 Å². The van der Waals surface area contributed by atoms with Gasteiger partial charge in [0.15, 0.2) is 0 Å². The second-order valence-electron chi connectivity index (χ2n) is 11.2. The number of carbonyl (C=O) groups is 1. The maximum atomic E-state index is 12.3. The van der Waals surface area contributed by atoms with Crippen molar-refractivity contribution in [3.05, 3.63) is 102 Å². The standard InChI is InChI=1S/C34H31N5O4/c1-21-35-32(38-43-21)24-12-10-22(11-13-24)19-39-31-17-16-26(42-20-25-15-14-23-6-2-5-9-29(23)36-25)18-30(31)37-33(39)27-7-3-4-8-28(27)34(40)41/h2,5-6,9-18,27-28H,3-4,7-8,19-20H2,1H3,(H,40,41)/t27-,28+/m0/s1. The highest BCUT2D eigenvalue weighted by atomic mass is 16.5. The van der Waals surface area contributed by atoms with Gasteiger partial charge in [-0.25, -0.2) is 9.97 Å². The number of nitrogens with zero attached hydrogens (tertiary/aromatic N) is 5. The average Bonchev–Trinajstić information content (AvgIpc) is 3.63. The maximum absolute atomic E-state index is 12.3. The first kappa shape index (κ1) is 26.8. The summed E-state index contributed by atoms with van der Waals surface area (Å²) in [6.45, 7) is 2.66. The highest BCUT2D eigenvalue weighted by molar-refractivity contribution is 5.79. The third-order valence-corrected chi connectivity index (χ3v) is 8.29. The molecule has 0 bridgehead atoms. The van der Waals surface area contributed by atoms with Gasteiger partial charge in [-0.15, -0.1) is 0 Å². The number of hydrogen-bond donors (Lipinski definition) is 1. The lowest BCUT2D eigenvalue weighted by molar-refractivity contribution is -0.143. The van der Waals surface area contributed by atoms with E-state index in [0.717, 1.165) is 63.8 Å². The molecule has 0 radical (unpaired) electrons. The topological polar surface area (TPSA) is 116 Å². The summed E-state index contributed by atoms with van der Waals surface area (Å²) in [5.74, 6) is 1.20. The van der Waals surface area contributed by atoms with E-state index < -0.39 is 11.9 Å². The molecule has 3 heterocycles. The van der Waals surface area contributed by atoms with Crippen molar-refractivity contribution in [2.24, 2.45) is 5.92 Å². The van der Waals surface area contributed by atoms with Crippen LogP contribution in [-0.4, -0.2) is 35.8 Å². The smallest absolute Gasteiger partial charge is 0.307 e. The van der Waals surface area contributed by atoms with Crippen LogP contribution in [0.25, 0.3) is 33.3 Å². The van der Waals surface area contributed by atoms with Gasteiger partial charge in [0.05, 0.1) is 28.2 Å². The van der Waals surface area contributed by atoms with Crippen LogP contribution in [0.3, 0.4) is 0 Å². The first-order valence-electron chi connectivity index (χ1n) is 14.6. The number of fused-ring (bicyclic) bond motifs is 2. The summed E-state index contributed by atoms with van der Waals surface area (Å²) in [7, 11) is 0. The first-order chi connectivity index (χ1) is 21.0. The van der Waals surface area contributed by atoms with Crippen molar-refractivity contribution in [3.8, 4) is 17.1 Å². The lowest BCUT2D eigenvalue weighted by Crippen LogP contribution is -2.27. The van der Waals surface area contributed by atoms with E-state index in [1.807, 2.05) is 72.8 Å². The molecule has 7 rings (SSSR count). The molecule has 2 atom stereocenters. The quantitative estimate of drug-likeness (QED) is 0.208. The van der Waals surface area contributed by atoms with Crippen molar-refractivity contribution >= 4 is 27.9 Å². The molecule has 0 aliphatic heterocycles. The van der Waals surface area contributed by atoms with Gasteiger partial charge in [0.25, 0.3) is 0 Å². The van der Waals surface area contributed by atoms with E-state index in [2.05, 4.69) is 20.8 Å². The summed E-state index contributed by atoms with van der Waals surface area (Å²) in [5, 5.41) is 15.2. The SMILES string of the molecule is Cc1nc(-c2ccc(Cn3c([C@H]4CCCC[C@H]4C(=O)O)nc4cc(OCc5ccc6ccccc6n5)ccc43)cc2)no1. The van der Waals surface area contributed by atoms with Gasteiger partial charge in [-0.1, -0.05) is 66.5 Å². The number of carboxylic acids is 1. The molecule has 1 N–H and O–H groups in total. The molecule has 0 spiro atoms. The summed E-state index contributed by atoms with van der Waals surface area (Å²) < 4.78 is 13.5. The molecular weight excluding hydrogens is 542 g/mol. The second-order valence-corrected chi connectivity index (χ2v) is 11.2. The summed E-state index contributed by atoms with van der Waals surface area (Å²) in [6.07, 6.45) is 3.37. The first-order valence-corrected chi connectivity index (χ1v) is 14.6. The van der Waals surface area contributed by atoms with E-state index in [4.69, 9.17) is 19.2 Å². The highest BCUT2D eigenvalue weighted by Gasteiger charge is 2.35. The largest absolute Gasteiger partial charge is 0.487 e. The van der Waals surface area contributed by atoms with E-state index in [1.54, 1.807) is 6.92 Å². The highest BCUT2D eigenvalue weighted by Crippen LogP contribution is 2.39. The van der Waals surface area contributed by atoms with E-state index in [-0.39, 0.29) is 5.92 Å². The Balaban J connectivity index is 1.20. The fraction of sp³-hybridized carbons (Fsp3) is 0.265. The molecule has 6 aromatic rings. The van der Waals surface area contributed by atoms with E-state index >= 15 is 0 Å². The number of aryl methyl sites for hydroxylation is 1. The number of benzene rings is 3. The number of ether oxygens (including phenoxy) is 1. The number of rotatable bonds is 8. The molecule has 3 aromatic heterocycles. The van der Waals surface area contributed by atoms with Crippen molar-refractivity contribution in [2.45, 2.75) is 51.7 Å². The molecular formula is C34H31N5O4. The molecule has 0 amide bonds. The third-order valence-electron chi connectivity index (χ3n) is 8.29. The third kappa shape index (κ3) is 5.46. The van der Waals surface area contributed by atoms with E-state index in [9.17, 15) is 9.90 Å². The Kier molecular flexibility index (Phi) is 7.06. The zero-order valence-corrected chi connectivity index (χ0v) is 23.8. The molecule has 216 valence electrons. The normalized spacial score (nSPS) is 17.0. The summed E-state index contributed by atoms with van der Waals surface area (Å²) in [4.78, 5) is 26.4. The summed E-state index contributed by atoms with van der Waals surface area (Å²) >= 11 is 0. The molecule has 43 heavy (non-hydrogen) atoms. The number of carboxylic acid groups (broad SMARTS) is 1. The van der Waals surface area contributed by atoms with E-state index in [0.29, 0.717) is 37.0 Å². The molecule has 3 aromatic carbocycles. The zero-order valence-electron chi connectivity index (χ0n) is 23.8. The number of para-hydroxylation sites is 1. The predicted octanol–water partition coefficient (Wildman–Crippen LogP) is 6.93. The minimum Gasteiger partial charge on any atom is -0.487 e. The van der Waals surface area contributed by atoms with Gasteiger partial charge < -0.3 is 18.9 Å². The van der Waals surface area contributed by atoms with Crippen LogP contribution >= 0.6 is 0 Å². The number of aromatic nitrogens is 5. The minimum atomic E-state index is -0.755. The van der Waals surface area contributed by atoms with Crippen LogP contribution in [0.5, 0.6) is 5.75 Å². The predicted molar refractivity (Wildman–Crippen MR) is 162 cm³/mol. The maximum Gasteiger partial charge on any atom is 0.307 e. The summed E-state index contributed by atoms with van der Waals surface area (Å²) in [6, 6.07) is 26.0. The molecule has 1 aliphatic rings. The van der Waals surface area contributed by atoms with Crippen molar-refractivity contribution in [3.63, 3.8) is 0 Å². The minimum absolute atomic E-state index is 0.161. The van der Waals surface area contributed by atoms with Crippen LogP contribution in [0.2, 0.25) is 0 Å². The molecule has 1 aliphatic carbocycles. The second kappa shape index (κ2) is 11.3. The lowest BCUT2D eigenvalue weighted by Gasteiger charge is -2.28. The zero-order chi connectivity index (χ0) is 29.3. The fourth-order valence-electron chi connectivity index (χ4n) is 6.11. The van der Waals surface area contributed by atoms with Gasteiger partial charge in [0, 0.05) is 36.4 Å². The van der Waals surface area contributed by atoms with Gasteiger partial charge in [0.1, 0.15) is 18.2 Å². The Bertz CT molecular complexity index is 1930. The number of hydrogen-bond acceptors (Lipinski definition) is 7. The Labute approximate surface area is 248 Å².